The Labute approximate surface area is 81.9 Å². The predicted octanol–water partition coefficient (Wildman–Crippen LogP) is -0.326. The maximum Gasteiger partial charge on any atom is 0.239 e. The molecule has 0 unspecified atom stereocenters. The number of nitrogens with two attached hydrogens (primary N) is 1. The van der Waals surface area contributed by atoms with Gasteiger partial charge in [0.1, 0.15) is 5.76 Å². The minimum Gasteiger partial charge on any atom is -0.444 e. The van der Waals surface area contributed by atoms with Crippen molar-refractivity contribution < 1.29 is 9.21 Å². The van der Waals surface area contributed by atoms with Gasteiger partial charge in [-0.3, -0.25) is 4.79 Å². The molecule has 0 aromatic carbocycles. The van der Waals surface area contributed by atoms with Crippen LogP contribution >= 0.6 is 0 Å². The van der Waals surface area contributed by atoms with Gasteiger partial charge in [0.2, 0.25) is 5.91 Å². The predicted molar refractivity (Wildman–Crippen MR) is 51.8 cm³/mol. The van der Waals surface area contributed by atoms with Crippen molar-refractivity contribution in [2.75, 3.05) is 24.5 Å². The fourth-order valence-corrected chi connectivity index (χ4v) is 1.47. The zero-order chi connectivity index (χ0) is 9.97. The quantitative estimate of drug-likeness (QED) is 0.678. The van der Waals surface area contributed by atoms with Crippen molar-refractivity contribution >= 4 is 11.8 Å². The molecular weight excluding hydrogens is 182 g/mol. The number of nitrogens with one attached hydrogen (secondary N) is 1. The monoisotopic (exact) mass is 195 g/mol. The van der Waals surface area contributed by atoms with Crippen molar-refractivity contribution in [1.29, 1.82) is 0 Å². The molecule has 1 aliphatic rings. The van der Waals surface area contributed by atoms with Gasteiger partial charge >= 0.3 is 0 Å². The number of hydrogen-bond donors (Lipinski definition) is 2. The molecule has 1 saturated heterocycles. The zero-order valence-electron chi connectivity index (χ0n) is 7.82. The molecule has 76 valence electrons. The van der Waals surface area contributed by atoms with Crippen LogP contribution in [0.4, 0.5) is 5.88 Å². The molecular formula is C9H13N3O2. The molecule has 2 heterocycles. The van der Waals surface area contributed by atoms with E-state index in [9.17, 15) is 4.79 Å². The van der Waals surface area contributed by atoms with Crippen LogP contribution in [0.25, 0.3) is 0 Å². The van der Waals surface area contributed by atoms with Gasteiger partial charge in [0.25, 0.3) is 0 Å². The lowest BCUT2D eigenvalue weighted by atomic mass is 10.3. The van der Waals surface area contributed by atoms with Crippen LogP contribution in [0, 0.1) is 0 Å². The SMILES string of the molecule is NCc1ccc(N2CCNC(=O)C2)o1. The van der Waals surface area contributed by atoms with Crippen molar-refractivity contribution in [2.24, 2.45) is 5.73 Å². The van der Waals surface area contributed by atoms with E-state index in [0.717, 1.165) is 18.2 Å². The number of carbonyl (C=O) groups excluding carboxylic acids is 1. The second kappa shape index (κ2) is 3.71. The van der Waals surface area contributed by atoms with Crippen LogP contribution in [-0.2, 0) is 11.3 Å². The first kappa shape index (κ1) is 9.08. The van der Waals surface area contributed by atoms with E-state index in [2.05, 4.69) is 5.32 Å². The average Bonchev–Trinajstić information content (AvgIpc) is 2.66. The number of carbonyl (C=O) groups is 1. The van der Waals surface area contributed by atoms with Gasteiger partial charge in [0.15, 0.2) is 5.88 Å². The Bertz CT molecular complexity index is 335. The molecule has 5 nitrogen and oxygen atoms in total. The average molecular weight is 195 g/mol. The lowest BCUT2D eigenvalue weighted by Crippen LogP contribution is -2.47. The zero-order valence-corrected chi connectivity index (χ0v) is 7.82. The largest absolute Gasteiger partial charge is 0.444 e. The molecule has 1 amide bonds. The van der Waals surface area contributed by atoms with Crippen molar-refractivity contribution in [3.05, 3.63) is 17.9 Å². The first-order chi connectivity index (χ1) is 6.79. The molecule has 1 fully saturated rings. The van der Waals surface area contributed by atoms with Gasteiger partial charge in [-0.2, -0.15) is 0 Å². The van der Waals surface area contributed by atoms with E-state index in [4.69, 9.17) is 10.2 Å². The highest BCUT2D eigenvalue weighted by Crippen LogP contribution is 2.18. The number of nitrogens with zero attached hydrogens (tertiary/aromatic N) is 1. The highest BCUT2D eigenvalue weighted by Gasteiger charge is 2.18. The van der Waals surface area contributed by atoms with E-state index >= 15 is 0 Å². The van der Waals surface area contributed by atoms with E-state index in [-0.39, 0.29) is 5.91 Å². The number of amides is 1. The van der Waals surface area contributed by atoms with Crippen molar-refractivity contribution in [3.63, 3.8) is 0 Å². The number of piperazine rings is 1. The smallest absolute Gasteiger partial charge is 0.239 e. The fourth-order valence-electron chi connectivity index (χ4n) is 1.47. The van der Waals surface area contributed by atoms with Crippen LogP contribution in [0.1, 0.15) is 5.76 Å². The van der Waals surface area contributed by atoms with E-state index < -0.39 is 0 Å². The minimum atomic E-state index is 0.0296. The van der Waals surface area contributed by atoms with E-state index in [1.54, 1.807) is 0 Å². The Balaban J connectivity index is 2.09. The summed E-state index contributed by atoms with van der Waals surface area (Å²) in [6, 6.07) is 3.68. The van der Waals surface area contributed by atoms with Crippen LogP contribution < -0.4 is 16.0 Å². The Morgan fingerprint density at radius 3 is 3.07 bits per heavy atom. The molecule has 1 aromatic heterocycles. The third kappa shape index (κ3) is 1.72. The van der Waals surface area contributed by atoms with Gasteiger partial charge in [-0.15, -0.1) is 0 Å². The van der Waals surface area contributed by atoms with Crippen LogP contribution in [-0.4, -0.2) is 25.5 Å². The van der Waals surface area contributed by atoms with Crippen LogP contribution in [0.5, 0.6) is 0 Å². The Hall–Kier alpha value is -1.49. The number of hydrogen-bond acceptors (Lipinski definition) is 4. The van der Waals surface area contributed by atoms with Gasteiger partial charge in [-0.25, -0.2) is 0 Å². The van der Waals surface area contributed by atoms with Gasteiger partial charge < -0.3 is 20.4 Å². The van der Waals surface area contributed by atoms with Crippen molar-refractivity contribution in [1.82, 2.24) is 5.32 Å². The van der Waals surface area contributed by atoms with Crippen molar-refractivity contribution in [3.8, 4) is 0 Å². The first-order valence-corrected chi connectivity index (χ1v) is 4.60. The first-order valence-electron chi connectivity index (χ1n) is 4.60. The summed E-state index contributed by atoms with van der Waals surface area (Å²) in [5.41, 5.74) is 5.43. The topological polar surface area (TPSA) is 71.5 Å². The fraction of sp³-hybridized carbons (Fsp3) is 0.444. The molecule has 0 atom stereocenters. The molecule has 1 aromatic rings. The Morgan fingerprint density at radius 1 is 1.57 bits per heavy atom. The maximum atomic E-state index is 11.1. The lowest BCUT2D eigenvalue weighted by Gasteiger charge is -2.25. The summed E-state index contributed by atoms with van der Waals surface area (Å²) in [5.74, 6) is 1.49. The summed E-state index contributed by atoms with van der Waals surface area (Å²) in [4.78, 5) is 13.0. The van der Waals surface area contributed by atoms with E-state index in [1.165, 1.54) is 0 Å². The standard InChI is InChI=1S/C9H13N3O2/c10-5-7-1-2-9(14-7)12-4-3-11-8(13)6-12/h1-2H,3-6,10H2,(H,11,13). The molecule has 0 aliphatic carbocycles. The molecule has 0 spiro atoms. The maximum absolute atomic E-state index is 11.1. The number of rotatable bonds is 2. The summed E-state index contributed by atoms with van der Waals surface area (Å²) >= 11 is 0. The van der Waals surface area contributed by atoms with Gasteiger partial charge in [0, 0.05) is 19.2 Å². The second-order valence-corrected chi connectivity index (χ2v) is 3.22. The summed E-state index contributed by atoms with van der Waals surface area (Å²) in [5, 5.41) is 2.76. The van der Waals surface area contributed by atoms with Gasteiger partial charge in [-0.05, 0) is 6.07 Å². The molecule has 2 rings (SSSR count). The van der Waals surface area contributed by atoms with Crippen LogP contribution in [0.15, 0.2) is 16.5 Å². The molecule has 0 saturated carbocycles. The van der Waals surface area contributed by atoms with E-state index in [1.807, 2.05) is 17.0 Å². The highest BCUT2D eigenvalue weighted by molar-refractivity contribution is 5.82. The number of anilines is 1. The van der Waals surface area contributed by atoms with Gasteiger partial charge in [0.05, 0.1) is 13.1 Å². The van der Waals surface area contributed by atoms with Crippen LogP contribution in [0.3, 0.4) is 0 Å². The second-order valence-electron chi connectivity index (χ2n) is 3.22. The normalized spacial score (nSPS) is 16.9. The molecule has 0 bridgehead atoms. The van der Waals surface area contributed by atoms with Crippen LogP contribution in [0.2, 0.25) is 0 Å². The summed E-state index contributed by atoms with van der Waals surface area (Å²) in [7, 11) is 0. The molecule has 5 heteroatoms. The third-order valence-electron chi connectivity index (χ3n) is 2.20. The Kier molecular flexibility index (Phi) is 2.41. The molecule has 3 N–H and O–H groups in total. The summed E-state index contributed by atoms with van der Waals surface area (Å²) < 4.78 is 5.44. The number of furan rings is 1. The molecule has 0 radical (unpaired) electrons. The van der Waals surface area contributed by atoms with Gasteiger partial charge in [-0.1, -0.05) is 0 Å². The minimum absolute atomic E-state index is 0.0296. The highest BCUT2D eigenvalue weighted by atomic mass is 16.4. The van der Waals surface area contributed by atoms with Crippen molar-refractivity contribution in [2.45, 2.75) is 6.54 Å². The molecule has 14 heavy (non-hydrogen) atoms. The van der Waals surface area contributed by atoms with E-state index in [0.29, 0.717) is 19.6 Å². The lowest BCUT2D eigenvalue weighted by molar-refractivity contribution is -0.120. The Morgan fingerprint density at radius 2 is 2.43 bits per heavy atom. The molecule has 1 aliphatic heterocycles. The summed E-state index contributed by atoms with van der Waals surface area (Å²) in [6.45, 7) is 2.19. The third-order valence-corrected chi connectivity index (χ3v) is 2.20. The summed E-state index contributed by atoms with van der Waals surface area (Å²) in [6.07, 6.45) is 0.